The molecule has 2 aromatic heterocycles. The fourth-order valence-corrected chi connectivity index (χ4v) is 4.30. The van der Waals surface area contributed by atoms with Crippen molar-refractivity contribution in [2.45, 2.75) is 19.3 Å². The highest BCUT2D eigenvalue weighted by molar-refractivity contribution is 6.04. The van der Waals surface area contributed by atoms with E-state index in [9.17, 15) is 4.79 Å². The van der Waals surface area contributed by atoms with Crippen LogP contribution >= 0.6 is 0 Å². The van der Waals surface area contributed by atoms with Crippen molar-refractivity contribution >= 4 is 33.9 Å². The Balaban J connectivity index is 1.51. The molecular formula is C24H25N5O. The molecule has 0 unspecified atom stereocenters. The minimum absolute atomic E-state index is 0.535. The third-order valence-electron chi connectivity index (χ3n) is 5.86. The number of anilines is 1. The van der Waals surface area contributed by atoms with Crippen LogP contribution in [0.2, 0.25) is 0 Å². The van der Waals surface area contributed by atoms with Gasteiger partial charge in [-0.2, -0.15) is 0 Å². The molecule has 0 saturated carbocycles. The molecule has 0 bridgehead atoms. The van der Waals surface area contributed by atoms with E-state index in [1.165, 1.54) is 32.4 Å². The van der Waals surface area contributed by atoms with E-state index in [-0.39, 0.29) is 0 Å². The minimum Gasteiger partial charge on any atom is -0.368 e. The van der Waals surface area contributed by atoms with Crippen LogP contribution in [0.25, 0.3) is 33.3 Å². The Morgan fingerprint density at radius 1 is 0.967 bits per heavy atom. The van der Waals surface area contributed by atoms with E-state index >= 15 is 0 Å². The molecular weight excluding hydrogens is 374 g/mol. The summed E-state index contributed by atoms with van der Waals surface area (Å²) in [5.74, 6) is 1.34. The molecule has 1 aliphatic rings. The summed E-state index contributed by atoms with van der Waals surface area (Å²) in [5, 5.41) is 5.40. The maximum absolute atomic E-state index is 11.9. The average molecular weight is 399 g/mol. The van der Waals surface area contributed by atoms with Crippen molar-refractivity contribution in [1.29, 1.82) is 0 Å². The van der Waals surface area contributed by atoms with Gasteiger partial charge in [0.05, 0.1) is 16.8 Å². The van der Waals surface area contributed by atoms with Gasteiger partial charge in [-0.25, -0.2) is 9.97 Å². The molecule has 1 fully saturated rings. The average Bonchev–Trinajstić information content (AvgIpc) is 3.18. The molecule has 2 N–H and O–H groups in total. The van der Waals surface area contributed by atoms with Gasteiger partial charge in [0.2, 0.25) is 0 Å². The lowest BCUT2D eigenvalue weighted by atomic mass is 10.1. The molecule has 152 valence electrons. The summed E-state index contributed by atoms with van der Waals surface area (Å²) in [7, 11) is 0. The number of carbonyl (C=O) groups is 1. The fraction of sp³-hybridized carbons (Fsp3) is 0.292. The second-order valence-electron chi connectivity index (χ2n) is 7.82. The smallest absolute Gasteiger partial charge is 0.179 e. The molecule has 5 rings (SSSR count). The zero-order chi connectivity index (χ0) is 20.3. The quantitative estimate of drug-likeness (QED) is 0.467. The number of fused-ring (bicyclic) bond motifs is 2. The van der Waals surface area contributed by atoms with Crippen LogP contribution < -0.4 is 5.32 Å². The number of aldehydes is 1. The molecule has 6 heteroatoms. The van der Waals surface area contributed by atoms with E-state index in [1.807, 2.05) is 48.5 Å². The lowest BCUT2D eigenvalue weighted by Gasteiger charge is -2.26. The number of likely N-dealkylation sites (tertiary alicyclic amines) is 1. The number of carbonyl (C=O) groups excluding carboxylic acids is 1. The predicted molar refractivity (Wildman–Crippen MR) is 121 cm³/mol. The van der Waals surface area contributed by atoms with E-state index in [4.69, 9.17) is 9.97 Å². The van der Waals surface area contributed by atoms with Crippen LogP contribution in [0.5, 0.6) is 0 Å². The molecule has 0 atom stereocenters. The van der Waals surface area contributed by atoms with Crippen molar-refractivity contribution in [1.82, 2.24) is 19.9 Å². The molecule has 30 heavy (non-hydrogen) atoms. The van der Waals surface area contributed by atoms with Crippen molar-refractivity contribution in [3.8, 4) is 11.5 Å². The fourth-order valence-electron chi connectivity index (χ4n) is 4.30. The number of piperidine rings is 1. The Morgan fingerprint density at radius 2 is 1.73 bits per heavy atom. The van der Waals surface area contributed by atoms with E-state index in [1.54, 1.807) is 0 Å². The monoisotopic (exact) mass is 399 g/mol. The van der Waals surface area contributed by atoms with Crippen molar-refractivity contribution in [3.05, 3.63) is 54.1 Å². The van der Waals surface area contributed by atoms with Gasteiger partial charge in [-0.3, -0.25) is 4.79 Å². The van der Waals surface area contributed by atoms with Crippen molar-refractivity contribution in [2.24, 2.45) is 0 Å². The second-order valence-corrected chi connectivity index (χ2v) is 7.82. The topological polar surface area (TPSA) is 73.9 Å². The Hall–Kier alpha value is -3.25. The molecule has 0 spiro atoms. The SMILES string of the molecule is O=Cc1c(-c2nc(NCCN3CCCCC3)c3ccccc3n2)[nH]c2ccccc12. The molecule has 0 amide bonds. The Bertz CT molecular complexity index is 1190. The third-order valence-corrected chi connectivity index (χ3v) is 5.86. The number of rotatable bonds is 6. The van der Waals surface area contributed by atoms with Crippen molar-refractivity contribution in [2.75, 3.05) is 31.5 Å². The van der Waals surface area contributed by atoms with Gasteiger partial charge in [-0.05, 0) is 44.1 Å². The number of hydrogen-bond donors (Lipinski definition) is 2. The van der Waals surface area contributed by atoms with Crippen LogP contribution in [0.1, 0.15) is 29.6 Å². The first-order valence-electron chi connectivity index (χ1n) is 10.6. The first kappa shape index (κ1) is 18.8. The molecule has 3 heterocycles. The van der Waals surface area contributed by atoms with Crippen LogP contribution in [-0.4, -0.2) is 52.3 Å². The van der Waals surface area contributed by atoms with Crippen LogP contribution in [0.15, 0.2) is 48.5 Å². The number of para-hydroxylation sites is 2. The lowest BCUT2D eigenvalue weighted by Crippen LogP contribution is -2.33. The summed E-state index contributed by atoms with van der Waals surface area (Å²) < 4.78 is 0. The minimum atomic E-state index is 0.535. The van der Waals surface area contributed by atoms with E-state index in [0.29, 0.717) is 17.1 Å². The number of hydrogen-bond acceptors (Lipinski definition) is 5. The predicted octanol–water partition coefficient (Wildman–Crippen LogP) is 4.49. The van der Waals surface area contributed by atoms with Gasteiger partial charge in [-0.15, -0.1) is 0 Å². The molecule has 0 aliphatic carbocycles. The summed E-state index contributed by atoms with van der Waals surface area (Å²) in [4.78, 5) is 27.3. The maximum Gasteiger partial charge on any atom is 0.179 e. The van der Waals surface area contributed by atoms with Gasteiger partial charge in [0.1, 0.15) is 5.82 Å². The highest BCUT2D eigenvalue weighted by atomic mass is 16.1. The summed E-state index contributed by atoms with van der Waals surface area (Å²) in [5.41, 5.74) is 3.03. The number of aromatic amines is 1. The molecule has 0 radical (unpaired) electrons. The maximum atomic E-state index is 11.9. The summed E-state index contributed by atoms with van der Waals surface area (Å²) in [6.07, 6.45) is 4.80. The zero-order valence-electron chi connectivity index (χ0n) is 16.9. The summed E-state index contributed by atoms with van der Waals surface area (Å²) >= 11 is 0. The van der Waals surface area contributed by atoms with Gasteiger partial charge in [0.15, 0.2) is 12.1 Å². The number of nitrogens with zero attached hydrogens (tertiary/aromatic N) is 3. The first-order valence-corrected chi connectivity index (χ1v) is 10.6. The Labute approximate surface area is 175 Å². The zero-order valence-corrected chi connectivity index (χ0v) is 16.9. The highest BCUT2D eigenvalue weighted by Gasteiger charge is 2.17. The Morgan fingerprint density at radius 3 is 2.57 bits per heavy atom. The summed E-state index contributed by atoms with van der Waals surface area (Å²) in [6, 6.07) is 15.8. The highest BCUT2D eigenvalue weighted by Crippen LogP contribution is 2.30. The van der Waals surface area contributed by atoms with Crippen LogP contribution in [-0.2, 0) is 0 Å². The standard InChI is InChI=1S/C24H25N5O/c30-16-19-17-8-2-4-10-20(17)26-22(19)24-27-21-11-5-3-9-18(21)23(28-24)25-12-15-29-13-6-1-7-14-29/h2-5,8-11,16,26H,1,6-7,12-15H2,(H,25,27,28). The Kier molecular flexibility index (Phi) is 5.15. The van der Waals surface area contributed by atoms with Crippen LogP contribution in [0.4, 0.5) is 5.82 Å². The summed E-state index contributed by atoms with van der Waals surface area (Å²) in [6.45, 7) is 4.18. The van der Waals surface area contributed by atoms with E-state index < -0.39 is 0 Å². The largest absolute Gasteiger partial charge is 0.368 e. The number of H-pyrrole nitrogens is 1. The number of aromatic nitrogens is 3. The molecule has 1 saturated heterocycles. The first-order chi connectivity index (χ1) is 14.8. The van der Waals surface area contributed by atoms with Crippen molar-refractivity contribution < 1.29 is 4.79 Å². The second kappa shape index (κ2) is 8.24. The molecule has 4 aromatic rings. The van der Waals surface area contributed by atoms with Crippen LogP contribution in [0, 0.1) is 0 Å². The molecule has 1 aliphatic heterocycles. The number of nitrogens with one attached hydrogen (secondary N) is 2. The lowest BCUT2D eigenvalue weighted by molar-refractivity contribution is 0.112. The van der Waals surface area contributed by atoms with E-state index in [0.717, 1.165) is 47.0 Å². The normalized spacial score (nSPS) is 14.9. The van der Waals surface area contributed by atoms with Crippen LogP contribution in [0.3, 0.4) is 0 Å². The van der Waals surface area contributed by atoms with Gasteiger partial charge < -0.3 is 15.2 Å². The third kappa shape index (κ3) is 3.55. The van der Waals surface area contributed by atoms with Crippen molar-refractivity contribution in [3.63, 3.8) is 0 Å². The van der Waals surface area contributed by atoms with Gasteiger partial charge >= 0.3 is 0 Å². The van der Waals surface area contributed by atoms with Gasteiger partial charge in [0.25, 0.3) is 0 Å². The van der Waals surface area contributed by atoms with E-state index in [2.05, 4.69) is 15.2 Å². The molecule has 6 nitrogen and oxygen atoms in total. The van der Waals surface area contributed by atoms with Gasteiger partial charge in [-0.1, -0.05) is 36.8 Å². The molecule has 2 aromatic carbocycles. The van der Waals surface area contributed by atoms with Gasteiger partial charge in [0, 0.05) is 29.4 Å². The number of benzene rings is 2.